The molecule has 3 heterocycles. The molecule has 0 amide bonds. The SMILES string of the molecule is C[C@@H]1OCC2(CCN(c3nc(N)c(-c4ccc(N(C)C)cc4)c(=O)n3C)CC2)[C@@H]1N. The highest BCUT2D eigenvalue weighted by Crippen LogP contribution is 2.41. The van der Waals surface area contributed by atoms with Gasteiger partial charge < -0.3 is 26.0 Å². The summed E-state index contributed by atoms with van der Waals surface area (Å²) < 4.78 is 7.42. The van der Waals surface area contributed by atoms with Gasteiger partial charge in [-0.25, -0.2) is 0 Å². The third-order valence-corrected chi connectivity index (χ3v) is 6.86. The topological polar surface area (TPSA) is 103 Å². The molecular weight excluding hydrogens is 380 g/mol. The zero-order valence-electron chi connectivity index (χ0n) is 18.3. The van der Waals surface area contributed by atoms with Crippen molar-refractivity contribution in [2.75, 3.05) is 49.3 Å². The molecule has 0 saturated carbocycles. The molecule has 0 bridgehead atoms. The summed E-state index contributed by atoms with van der Waals surface area (Å²) in [6.45, 7) is 4.31. The molecule has 0 aliphatic carbocycles. The predicted molar refractivity (Wildman–Crippen MR) is 121 cm³/mol. The van der Waals surface area contributed by atoms with Crippen molar-refractivity contribution in [3.05, 3.63) is 34.6 Å². The van der Waals surface area contributed by atoms with Crippen LogP contribution in [0.1, 0.15) is 19.8 Å². The highest BCUT2D eigenvalue weighted by Gasteiger charge is 2.47. The lowest BCUT2D eigenvalue weighted by Gasteiger charge is -2.41. The number of hydrogen-bond donors (Lipinski definition) is 2. The van der Waals surface area contributed by atoms with Crippen LogP contribution in [0.15, 0.2) is 29.1 Å². The fourth-order valence-corrected chi connectivity index (χ4v) is 4.71. The van der Waals surface area contributed by atoms with Crippen LogP contribution in [0.4, 0.5) is 17.5 Å². The minimum absolute atomic E-state index is 0.0223. The first-order chi connectivity index (χ1) is 14.2. The zero-order valence-corrected chi connectivity index (χ0v) is 18.3. The number of ether oxygens (including phenoxy) is 1. The molecule has 2 fully saturated rings. The number of aromatic nitrogens is 2. The lowest BCUT2D eigenvalue weighted by atomic mass is 9.73. The average Bonchev–Trinajstić information content (AvgIpc) is 3.00. The maximum absolute atomic E-state index is 13.2. The van der Waals surface area contributed by atoms with Crippen LogP contribution in [0.3, 0.4) is 0 Å². The zero-order chi connectivity index (χ0) is 21.6. The van der Waals surface area contributed by atoms with Gasteiger partial charge in [0.25, 0.3) is 5.56 Å². The number of nitrogens with zero attached hydrogens (tertiary/aromatic N) is 4. The van der Waals surface area contributed by atoms with Gasteiger partial charge in [-0.3, -0.25) is 9.36 Å². The Balaban J connectivity index is 1.60. The number of benzene rings is 1. The molecular formula is C22H32N6O2. The van der Waals surface area contributed by atoms with Crippen LogP contribution in [-0.2, 0) is 11.8 Å². The van der Waals surface area contributed by atoms with E-state index >= 15 is 0 Å². The summed E-state index contributed by atoms with van der Waals surface area (Å²) in [5.74, 6) is 0.877. The van der Waals surface area contributed by atoms with E-state index in [0.717, 1.165) is 37.2 Å². The number of hydrogen-bond acceptors (Lipinski definition) is 7. The molecule has 4 rings (SSSR count). The second kappa shape index (κ2) is 7.59. The lowest BCUT2D eigenvalue weighted by molar-refractivity contribution is 0.0973. The lowest BCUT2D eigenvalue weighted by Crippen LogP contribution is -2.51. The minimum atomic E-state index is -0.134. The summed E-state index contributed by atoms with van der Waals surface area (Å²) >= 11 is 0. The van der Waals surface area contributed by atoms with Crippen LogP contribution in [0.5, 0.6) is 0 Å². The van der Waals surface area contributed by atoms with Gasteiger partial charge in [-0.1, -0.05) is 12.1 Å². The maximum Gasteiger partial charge on any atom is 0.264 e. The minimum Gasteiger partial charge on any atom is -0.383 e. The smallest absolute Gasteiger partial charge is 0.264 e. The van der Waals surface area contributed by atoms with E-state index in [4.69, 9.17) is 16.2 Å². The molecule has 2 aliphatic heterocycles. The van der Waals surface area contributed by atoms with Gasteiger partial charge in [0.15, 0.2) is 0 Å². The van der Waals surface area contributed by atoms with Crippen molar-refractivity contribution in [1.82, 2.24) is 9.55 Å². The van der Waals surface area contributed by atoms with E-state index in [9.17, 15) is 4.79 Å². The second-order valence-corrected chi connectivity index (χ2v) is 8.87. The van der Waals surface area contributed by atoms with Crippen molar-refractivity contribution in [3.8, 4) is 11.1 Å². The van der Waals surface area contributed by atoms with E-state index in [-0.39, 0.29) is 28.9 Å². The maximum atomic E-state index is 13.2. The van der Waals surface area contributed by atoms with Gasteiger partial charge >= 0.3 is 0 Å². The number of anilines is 3. The van der Waals surface area contributed by atoms with E-state index in [2.05, 4.69) is 9.88 Å². The molecule has 0 unspecified atom stereocenters. The monoisotopic (exact) mass is 412 g/mol. The molecule has 1 aromatic heterocycles. The normalized spacial score (nSPS) is 23.2. The van der Waals surface area contributed by atoms with Gasteiger partial charge in [0.2, 0.25) is 5.95 Å². The van der Waals surface area contributed by atoms with Crippen LogP contribution in [-0.4, -0.2) is 55.5 Å². The molecule has 1 aromatic carbocycles. The second-order valence-electron chi connectivity index (χ2n) is 8.87. The molecule has 2 saturated heterocycles. The molecule has 2 aliphatic rings. The number of piperidine rings is 1. The van der Waals surface area contributed by atoms with Gasteiger partial charge in [0, 0.05) is 51.4 Å². The van der Waals surface area contributed by atoms with Crippen molar-refractivity contribution < 1.29 is 4.74 Å². The predicted octanol–water partition coefficient (Wildman–Crippen LogP) is 1.43. The van der Waals surface area contributed by atoms with Crippen LogP contribution in [0.25, 0.3) is 11.1 Å². The Bertz CT molecular complexity index is 976. The molecule has 2 aromatic rings. The standard InChI is InChI=1S/C22H32N6O2/c1-14-18(23)22(13-30-14)9-11-28(12-10-22)21-25-19(24)17(20(29)27(21)4)15-5-7-16(8-6-15)26(2)3/h5-8,14,18H,9-13,23-24H2,1-4H3/t14-,18+/m0/s1. The molecule has 162 valence electrons. The van der Waals surface area contributed by atoms with E-state index < -0.39 is 0 Å². The summed E-state index contributed by atoms with van der Waals surface area (Å²) in [5, 5.41) is 0. The summed E-state index contributed by atoms with van der Waals surface area (Å²) in [4.78, 5) is 22.0. The Morgan fingerprint density at radius 2 is 1.83 bits per heavy atom. The van der Waals surface area contributed by atoms with Crippen LogP contribution in [0, 0.1) is 5.41 Å². The highest BCUT2D eigenvalue weighted by atomic mass is 16.5. The van der Waals surface area contributed by atoms with Crippen molar-refractivity contribution in [3.63, 3.8) is 0 Å². The quantitative estimate of drug-likeness (QED) is 0.786. The Labute approximate surface area is 177 Å². The first-order valence-electron chi connectivity index (χ1n) is 10.5. The van der Waals surface area contributed by atoms with Gasteiger partial charge in [0.1, 0.15) is 5.82 Å². The Hall–Kier alpha value is -2.58. The first-order valence-corrected chi connectivity index (χ1v) is 10.5. The molecule has 8 nitrogen and oxygen atoms in total. The summed E-state index contributed by atoms with van der Waals surface area (Å²) in [6.07, 6.45) is 1.93. The van der Waals surface area contributed by atoms with E-state index in [1.54, 1.807) is 11.6 Å². The average molecular weight is 413 g/mol. The van der Waals surface area contributed by atoms with Crippen molar-refractivity contribution in [2.24, 2.45) is 18.2 Å². The molecule has 30 heavy (non-hydrogen) atoms. The fraction of sp³-hybridized carbons (Fsp3) is 0.545. The van der Waals surface area contributed by atoms with Crippen LogP contribution >= 0.6 is 0 Å². The third kappa shape index (κ3) is 3.33. The molecule has 8 heteroatoms. The Morgan fingerprint density at radius 3 is 2.37 bits per heavy atom. The van der Waals surface area contributed by atoms with Gasteiger partial charge in [-0.2, -0.15) is 4.98 Å². The molecule has 4 N–H and O–H groups in total. The van der Waals surface area contributed by atoms with Crippen molar-refractivity contribution in [2.45, 2.75) is 31.9 Å². The van der Waals surface area contributed by atoms with E-state index in [1.807, 2.05) is 50.2 Å². The van der Waals surface area contributed by atoms with Gasteiger partial charge in [0.05, 0.1) is 18.3 Å². The number of rotatable bonds is 3. The largest absolute Gasteiger partial charge is 0.383 e. The number of nitrogens with two attached hydrogens (primary N) is 2. The van der Waals surface area contributed by atoms with Crippen LogP contribution in [0.2, 0.25) is 0 Å². The molecule has 2 atom stereocenters. The van der Waals surface area contributed by atoms with Crippen molar-refractivity contribution in [1.29, 1.82) is 0 Å². The van der Waals surface area contributed by atoms with Gasteiger partial charge in [-0.15, -0.1) is 0 Å². The summed E-state index contributed by atoms with van der Waals surface area (Å²) in [5.41, 5.74) is 14.9. The van der Waals surface area contributed by atoms with E-state index in [1.165, 1.54) is 0 Å². The third-order valence-electron chi connectivity index (χ3n) is 6.86. The van der Waals surface area contributed by atoms with E-state index in [0.29, 0.717) is 18.1 Å². The van der Waals surface area contributed by atoms with Crippen molar-refractivity contribution >= 4 is 17.5 Å². The fourth-order valence-electron chi connectivity index (χ4n) is 4.71. The van der Waals surface area contributed by atoms with Crippen LogP contribution < -0.4 is 26.8 Å². The highest BCUT2D eigenvalue weighted by molar-refractivity contribution is 5.75. The number of nitrogen functional groups attached to an aromatic ring is 1. The molecule has 1 spiro atoms. The summed E-state index contributed by atoms with van der Waals surface area (Å²) in [6, 6.07) is 7.82. The van der Waals surface area contributed by atoms with Gasteiger partial charge in [-0.05, 0) is 37.5 Å². The molecule has 0 radical (unpaired) electrons. The summed E-state index contributed by atoms with van der Waals surface area (Å²) in [7, 11) is 5.72. The first kappa shape index (κ1) is 20.7. The Morgan fingerprint density at radius 1 is 1.20 bits per heavy atom. The Kier molecular flexibility index (Phi) is 5.23.